The molecule has 6 heteroatoms. The highest BCUT2D eigenvalue weighted by molar-refractivity contribution is 7.89. The van der Waals surface area contributed by atoms with Gasteiger partial charge in [-0.15, -0.1) is 0 Å². The molecule has 1 saturated carbocycles. The topological polar surface area (TPSA) is 86.5 Å². The van der Waals surface area contributed by atoms with Gasteiger partial charge in [0.25, 0.3) is 0 Å². The minimum absolute atomic E-state index is 0.0516. The fraction of sp³-hybridized carbons (Fsp3) is 0.414. The number of sulfonamides is 1. The molecular weight excluding hydrogens is 458 g/mol. The lowest BCUT2D eigenvalue weighted by molar-refractivity contribution is -0.116. The zero-order valence-corrected chi connectivity index (χ0v) is 22.1. The number of Topliss-reactive ketones (excluding diaryl/α,β-unsaturated/α-hetero) is 1. The molecular formula is C29H35NO4S. The number of nitrogens with two attached hydrogens (primary N) is 1. The normalized spacial score (nSPS) is 17.3. The Balaban J connectivity index is 1.97. The molecule has 0 spiro atoms. The van der Waals surface area contributed by atoms with Crippen molar-refractivity contribution < 1.29 is 17.9 Å². The number of rotatable bonds is 6. The quantitative estimate of drug-likeness (QED) is 0.381. The van der Waals surface area contributed by atoms with Crippen LogP contribution in [0.2, 0.25) is 0 Å². The van der Waals surface area contributed by atoms with Gasteiger partial charge < -0.3 is 4.74 Å². The Morgan fingerprint density at radius 3 is 2.20 bits per heavy atom. The van der Waals surface area contributed by atoms with Crippen LogP contribution in [0.3, 0.4) is 0 Å². The van der Waals surface area contributed by atoms with Crippen molar-refractivity contribution in [2.45, 2.75) is 65.2 Å². The Hall–Kier alpha value is -2.70. The fourth-order valence-electron chi connectivity index (χ4n) is 4.83. The van der Waals surface area contributed by atoms with Gasteiger partial charge in [0.15, 0.2) is 5.78 Å². The van der Waals surface area contributed by atoms with E-state index in [0.29, 0.717) is 12.2 Å². The third kappa shape index (κ3) is 5.00. The molecule has 2 aromatic carbocycles. The van der Waals surface area contributed by atoms with E-state index in [1.54, 1.807) is 12.1 Å². The summed E-state index contributed by atoms with van der Waals surface area (Å²) in [5.41, 5.74) is 6.68. The van der Waals surface area contributed by atoms with Gasteiger partial charge in [-0.05, 0) is 77.6 Å². The van der Waals surface area contributed by atoms with Crippen LogP contribution in [0, 0.1) is 11.3 Å². The largest absolute Gasteiger partial charge is 0.488 e. The van der Waals surface area contributed by atoms with Gasteiger partial charge >= 0.3 is 0 Å². The maximum Gasteiger partial charge on any atom is 0.238 e. The van der Waals surface area contributed by atoms with E-state index in [1.807, 2.05) is 26.0 Å². The molecule has 2 aromatic rings. The average molecular weight is 494 g/mol. The van der Waals surface area contributed by atoms with Crippen LogP contribution in [0.25, 0.3) is 16.7 Å². The molecule has 0 aromatic heterocycles. The molecule has 1 aliphatic carbocycles. The van der Waals surface area contributed by atoms with Crippen LogP contribution >= 0.6 is 0 Å². The lowest BCUT2D eigenvalue weighted by atomic mass is 9.74. The molecule has 0 amide bonds. The number of hydrogen-bond acceptors (Lipinski definition) is 4. The van der Waals surface area contributed by atoms with E-state index in [2.05, 4.69) is 26.8 Å². The minimum Gasteiger partial charge on any atom is -0.488 e. The highest BCUT2D eigenvalue weighted by Gasteiger charge is 2.31. The maximum absolute atomic E-state index is 13.9. The Labute approximate surface area is 209 Å². The molecule has 1 heterocycles. The Kier molecular flexibility index (Phi) is 6.82. The minimum atomic E-state index is -3.81. The van der Waals surface area contributed by atoms with E-state index < -0.39 is 10.0 Å². The summed E-state index contributed by atoms with van der Waals surface area (Å²) >= 11 is 0. The number of fused-ring (bicyclic) bond motifs is 1. The second kappa shape index (κ2) is 9.40. The molecule has 35 heavy (non-hydrogen) atoms. The van der Waals surface area contributed by atoms with Gasteiger partial charge in [0.05, 0.1) is 4.90 Å². The number of allylic oxidation sites excluding steroid dienone is 3. The molecule has 0 saturated heterocycles. The molecule has 186 valence electrons. The predicted molar refractivity (Wildman–Crippen MR) is 141 cm³/mol. The number of primary sulfonamides is 1. The van der Waals surface area contributed by atoms with E-state index in [9.17, 15) is 13.2 Å². The Morgan fingerprint density at radius 2 is 1.69 bits per heavy atom. The molecule has 1 aliphatic heterocycles. The van der Waals surface area contributed by atoms with Crippen LogP contribution in [-0.4, -0.2) is 20.8 Å². The van der Waals surface area contributed by atoms with Gasteiger partial charge in [0, 0.05) is 17.1 Å². The standard InChI is InChI=1S/C29H35NO4S/c1-6-18(2)28(31)26(21-12-15-25-23(16-21)24(17-34-25)19-8-7-9-19)27(29(3,4)5)20-10-13-22(14-11-20)35(30,32)33/h10-16,18H,6-9,17H2,1-5H3,(H2,30,32,33)/b27-26-. The van der Waals surface area contributed by atoms with Crippen LogP contribution in [0.4, 0.5) is 0 Å². The third-order valence-electron chi connectivity index (χ3n) is 7.13. The first-order chi connectivity index (χ1) is 16.4. The fourth-order valence-corrected chi connectivity index (χ4v) is 5.34. The van der Waals surface area contributed by atoms with Crippen molar-refractivity contribution >= 4 is 32.5 Å². The predicted octanol–water partition coefficient (Wildman–Crippen LogP) is 6.24. The summed E-state index contributed by atoms with van der Waals surface area (Å²) in [6, 6.07) is 12.6. The first kappa shape index (κ1) is 25.4. The number of ketones is 1. The van der Waals surface area contributed by atoms with E-state index in [0.717, 1.165) is 47.3 Å². The summed E-state index contributed by atoms with van der Waals surface area (Å²) in [7, 11) is -3.81. The second-order valence-electron chi connectivity index (χ2n) is 10.7. The van der Waals surface area contributed by atoms with Crippen molar-refractivity contribution in [2.24, 2.45) is 16.5 Å². The third-order valence-corrected chi connectivity index (χ3v) is 8.06. The summed E-state index contributed by atoms with van der Waals surface area (Å²) in [6.45, 7) is 10.8. The number of benzene rings is 2. The molecule has 0 radical (unpaired) electrons. The van der Waals surface area contributed by atoms with Crippen LogP contribution in [0.15, 0.2) is 52.9 Å². The monoisotopic (exact) mass is 493 g/mol. The van der Waals surface area contributed by atoms with Crippen LogP contribution < -0.4 is 9.88 Å². The summed E-state index contributed by atoms with van der Waals surface area (Å²) in [4.78, 5) is 14.0. The number of hydrogen-bond donors (Lipinski definition) is 1. The van der Waals surface area contributed by atoms with E-state index in [4.69, 9.17) is 9.88 Å². The zero-order chi connectivity index (χ0) is 25.5. The maximum atomic E-state index is 13.9. The molecule has 5 nitrogen and oxygen atoms in total. The van der Waals surface area contributed by atoms with Crippen LogP contribution in [0.1, 0.15) is 77.0 Å². The van der Waals surface area contributed by atoms with Gasteiger partial charge in [0.2, 0.25) is 10.0 Å². The highest BCUT2D eigenvalue weighted by Crippen LogP contribution is 2.45. The van der Waals surface area contributed by atoms with Crippen molar-refractivity contribution in [3.63, 3.8) is 0 Å². The number of carbonyl (C=O) groups is 1. The highest BCUT2D eigenvalue weighted by atomic mass is 32.2. The average Bonchev–Trinajstić information content (AvgIpc) is 3.16. The lowest BCUT2D eigenvalue weighted by Crippen LogP contribution is -2.19. The Morgan fingerprint density at radius 1 is 1.06 bits per heavy atom. The number of carbonyl (C=O) groups excluding carboxylic acids is 1. The first-order valence-corrected chi connectivity index (χ1v) is 13.9. The lowest BCUT2D eigenvalue weighted by Gasteiger charge is -2.29. The molecule has 1 fully saturated rings. The van der Waals surface area contributed by atoms with E-state index >= 15 is 0 Å². The van der Waals surface area contributed by atoms with Crippen molar-refractivity contribution in [3.8, 4) is 5.75 Å². The Bertz CT molecular complexity index is 1320. The molecule has 1 atom stereocenters. The van der Waals surface area contributed by atoms with Gasteiger partial charge in [-0.25, -0.2) is 13.6 Å². The summed E-state index contributed by atoms with van der Waals surface area (Å²) < 4.78 is 29.6. The summed E-state index contributed by atoms with van der Waals surface area (Å²) in [5, 5.41) is 5.32. The van der Waals surface area contributed by atoms with Gasteiger partial charge in [-0.3, -0.25) is 4.79 Å². The SMILES string of the molecule is CCC(C)C(=O)/C(=C(/c1ccc(S(N)(=O)=O)cc1)C(C)(C)C)c1ccc2c(c1)C(=C1CCC1)CO2. The molecule has 2 N–H and O–H groups in total. The molecule has 4 rings (SSSR count). The van der Waals surface area contributed by atoms with Crippen LogP contribution in [-0.2, 0) is 14.8 Å². The molecule has 1 unspecified atom stereocenters. The summed E-state index contributed by atoms with van der Waals surface area (Å²) in [5.74, 6) is 0.804. The molecule has 0 bridgehead atoms. The summed E-state index contributed by atoms with van der Waals surface area (Å²) in [6.07, 6.45) is 4.17. The van der Waals surface area contributed by atoms with Crippen LogP contribution in [0.5, 0.6) is 5.75 Å². The van der Waals surface area contributed by atoms with E-state index in [1.165, 1.54) is 29.7 Å². The zero-order valence-electron chi connectivity index (χ0n) is 21.3. The smallest absolute Gasteiger partial charge is 0.238 e. The van der Waals surface area contributed by atoms with Crippen molar-refractivity contribution in [1.29, 1.82) is 0 Å². The molecule has 2 aliphatic rings. The van der Waals surface area contributed by atoms with E-state index in [-0.39, 0.29) is 22.0 Å². The number of ether oxygens (including phenoxy) is 1. The van der Waals surface area contributed by atoms with Crippen molar-refractivity contribution in [1.82, 2.24) is 0 Å². The second-order valence-corrected chi connectivity index (χ2v) is 12.2. The van der Waals surface area contributed by atoms with Crippen molar-refractivity contribution in [2.75, 3.05) is 6.61 Å². The van der Waals surface area contributed by atoms with Crippen molar-refractivity contribution in [3.05, 3.63) is 64.7 Å². The first-order valence-electron chi connectivity index (χ1n) is 12.3. The van der Waals surface area contributed by atoms with Gasteiger partial charge in [-0.1, -0.05) is 58.4 Å². The van der Waals surface area contributed by atoms with Gasteiger partial charge in [-0.2, -0.15) is 0 Å². The van der Waals surface area contributed by atoms with Gasteiger partial charge in [0.1, 0.15) is 12.4 Å².